The van der Waals surface area contributed by atoms with E-state index in [-0.39, 0.29) is 0 Å². The highest BCUT2D eigenvalue weighted by atomic mass is 35.5. The third kappa shape index (κ3) is 2.30. The average Bonchev–Trinajstić information content (AvgIpc) is 2.47. The van der Waals surface area contributed by atoms with Gasteiger partial charge in [-0.15, -0.1) is 0 Å². The molecule has 0 saturated heterocycles. The molecule has 3 nitrogen and oxygen atoms in total. The standard InChI is InChI=1S/C15H10Cl2N2O/c1-20-9-6-7-11-13(8-9)18-15(19-14(11)17)10-4-2-3-5-12(10)16/h2-8H,1H3. The van der Waals surface area contributed by atoms with Crippen LogP contribution in [0.3, 0.4) is 0 Å². The number of nitrogens with zero attached hydrogens (tertiary/aromatic N) is 2. The van der Waals surface area contributed by atoms with Crippen molar-refractivity contribution in [2.24, 2.45) is 0 Å². The highest BCUT2D eigenvalue weighted by molar-refractivity contribution is 6.35. The van der Waals surface area contributed by atoms with Crippen molar-refractivity contribution < 1.29 is 4.74 Å². The predicted octanol–water partition coefficient (Wildman–Crippen LogP) is 4.61. The van der Waals surface area contributed by atoms with E-state index in [0.717, 1.165) is 22.2 Å². The topological polar surface area (TPSA) is 35.0 Å². The van der Waals surface area contributed by atoms with E-state index in [1.54, 1.807) is 13.2 Å². The van der Waals surface area contributed by atoms with Crippen LogP contribution in [0.15, 0.2) is 42.5 Å². The maximum atomic E-state index is 6.22. The fourth-order valence-corrected chi connectivity index (χ4v) is 2.42. The maximum absolute atomic E-state index is 6.22. The first-order chi connectivity index (χ1) is 9.69. The first-order valence-corrected chi connectivity index (χ1v) is 6.71. The molecule has 3 aromatic rings. The summed E-state index contributed by atoms with van der Waals surface area (Å²) in [5.74, 6) is 1.22. The second-order valence-electron chi connectivity index (χ2n) is 4.20. The SMILES string of the molecule is COc1ccc2c(Cl)nc(-c3ccccc3Cl)nc2c1. The van der Waals surface area contributed by atoms with E-state index < -0.39 is 0 Å². The zero-order valence-electron chi connectivity index (χ0n) is 10.6. The fraction of sp³-hybridized carbons (Fsp3) is 0.0667. The summed E-state index contributed by atoms with van der Waals surface area (Å²) < 4.78 is 5.20. The summed E-state index contributed by atoms with van der Waals surface area (Å²) in [6.07, 6.45) is 0. The monoisotopic (exact) mass is 304 g/mol. The Morgan fingerprint density at radius 2 is 1.80 bits per heavy atom. The number of aromatic nitrogens is 2. The summed E-state index contributed by atoms with van der Waals surface area (Å²) in [6.45, 7) is 0. The molecule has 100 valence electrons. The van der Waals surface area contributed by atoms with Crippen LogP contribution in [0.5, 0.6) is 5.75 Å². The van der Waals surface area contributed by atoms with Crippen LogP contribution in [0.1, 0.15) is 0 Å². The lowest BCUT2D eigenvalue weighted by atomic mass is 10.2. The number of rotatable bonds is 2. The van der Waals surface area contributed by atoms with Gasteiger partial charge in [0, 0.05) is 17.0 Å². The van der Waals surface area contributed by atoms with Crippen molar-refractivity contribution in [1.29, 1.82) is 0 Å². The summed E-state index contributed by atoms with van der Waals surface area (Å²) in [7, 11) is 1.61. The Morgan fingerprint density at radius 1 is 1.00 bits per heavy atom. The summed E-state index contributed by atoms with van der Waals surface area (Å²) in [4.78, 5) is 8.83. The Bertz CT molecular complexity index is 790. The smallest absolute Gasteiger partial charge is 0.162 e. The van der Waals surface area contributed by atoms with Gasteiger partial charge in [0.05, 0.1) is 17.6 Å². The minimum absolute atomic E-state index is 0.396. The second-order valence-corrected chi connectivity index (χ2v) is 4.97. The van der Waals surface area contributed by atoms with E-state index in [4.69, 9.17) is 27.9 Å². The summed E-state index contributed by atoms with van der Waals surface area (Å²) in [5, 5.41) is 1.77. The highest BCUT2D eigenvalue weighted by Crippen LogP contribution is 2.30. The number of halogens is 2. The van der Waals surface area contributed by atoms with E-state index in [1.165, 1.54) is 0 Å². The predicted molar refractivity (Wildman–Crippen MR) is 81.5 cm³/mol. The summed E-state index contributed by atoms with van der Waals surface area (Å²) in [5.41, 5.74) is 1.47. The lowest BCUT2D eigenvalue weighted by molar-refractivity contribution is 0.415. The van der Waals surface area contributed by atoms with Crippen molar-refractivity contribution in [3.8, 4) is 17.1 Å². The van der Waals surface area contributed by atoms with Gasteiger partial charge >= 0.3 is 0 Å². The van der Waals surface area contributed by atoms with Crippen LogP contribution in [-0.4, -0.2) is 17.1 Å². The molecule has 20 heavy (non-hydrogen) atoms. The lowest BCUT2D eigenvalue weighted by Crippen LogP contribution is -1.93. The molecule has 5 heteroatoms. The fourth-order valence-electron chi connectivity index (χ4n) is 1.96. The molecule has 0 amide bonds. The molecule has 0 spiro atoms. The van der Waals surface area contributed by atoms with E-state index in [2.05, 4.69) is 9.97 Å². The van der Waals surface area contributed by atoms with Gasteiger partial charge in [0.1, 0.15) is 10.9 Å². The summed E-state index contributed by atoms with van der Waals surface area (Å²) >= 11 is 12.4. The molecule has 0 N–H and O–H groups in total. The van der Waals surface area contributed by atoms with Crippen LogP contribution in [0.4, 0.5) is 0 Å². The minimum atomic E-state index is 0.396. The van der Waals surface area contributed by atoms with E-state index in [9.17, 15) is 0 Å². The zero-order chi connectivity index (χ0) is 14.1. The third-order valence-corrected chi connectivity index (χ3v) is 3.59. The van der Waals surface area contributed by atoms with Gasteiger partial charge in [-0.25, -0.2) is 9.97 Å². The molecule has 0 aliphatic heterocycles. The maximum Gasteiger partial charge on any atom is 0.162 e. The molecule has 1 aromatic heterocycles. The molecular weight excluding hydrogens is 295 g/mol. The lowest BCUT2D eigenvalue weighted by Gasteiger charge is -2.07. The first-order valence-electron chi connectivity index (χ1n) is 5.95. The zero-order valence-corrected chi connectivity index (χ0v) is 12.1. The number of ether oxygens (including phenoxy) is 1. The third-order valence-electron chi connectivity index (χ3n) is 2.97. The molecule has 3 rings (SSSR count). The van der Waals surface area contributed by atoms with Gasteiger partial charge in [-0.2, -0.15) is 0 Å². The molecule has 0 unspecified atom stereocenters. The normalized spacial score (nSPS) is 10.8. The van der Waals surface area contributed by atoms with Crippen molar-refractivity contribution in [2.75, 3.05) is 7.11 Å². The molecule has 0 bridgehead atoms. The number of hydrogen-bond donors (Lipinski definition) is 0. The molecule has 1 heterocycles. The van der Waals surface area contributed by atoms with Crippen molar-refractivity contribution in [3.63, 3.8) is 0 Å². The van der Waals surface area contributed by atoms with Crippen LogP contribution in [0.2, 0.25) is 10.2 Å². The van der Waals surface area contributed by atoms with Crippen molar-refractivity contribution >= 4 is 34.1 Å². The Hall–Kier alpha value is -1.84. The van der Waals surface area contributed by atoms with Crippen molar-refractivity contribution in [3.05, 3.63) is 52.6 Å². The van der Waals surface area contributed by atoms with Gasteiger partial charge in [-0.1, -0.05) is 35.3 Å². The molecule has 0 radical (unpaired) electrons. The number of hydrogen-bond acceptors (Lipinski definition) is 3. The van der Waals surface area contributed by atoms with Gasteiger partial charge in [0.2, 0.25) is 0 Å². The van der Waals surface area contributed by atoms with Gasteiger partial charge in [0.25, 0.3) is 0 Å². The molecule has 0 saturated carbocycles. The Morgan fingerprint density at radius 3 is 2.55 bits per heavy atom. The van der Waals surface area contributed by atoms with E-state index in [0.29, 0.717) is 16.0 Å². The molecule has 0 aliphatic carbocycles. The molecular formula is C15H10Cl2N2O. The van der Waals surface area contributed by atoms with Crippen LogP contribution in [0, 0.1) is 0 Å². The molecule has 2 aromatic carbocycles. The van der Waals surface area contributed by atoms with Gasteiger partial charge in [-0.3, -0.25) is 0 Å². The highest BCUT2D eigenvalue weighted by Gasteiger charge is 2.11. The minimum Gasteiger partial charge on any atom is -0.497 e. The molecule has 0 fully saturated rings. The number of fused-ring (bicyclic) bond motifs is 1. The Labute approximate surface area is 126 Å². The van der Waals surface area contributed by atoms with Crippen LogP contribution < -0.4 is 4.74 Å². The molecule has 0 aliphatic rings. The Kier molecular flexibility index (Phi) is 3.47. The van der Waals surface area contributed by atoms with Crippen LogP contribution in [-0.2, 0) is 0 Å². The van der Waals surface area contributed by atoms with Crippen LogP contribution >= 0.6 is 23.2 Å². The largest absolute Gasteiger partial charge is 0.497 e. The van der Waals surface area contributed by atoms with Gasteiger partial charge < -0.3 is 4.74 Å². The second kappa shape index (κ2) is 5.27. The average molecular weight is 305 g/mol. The number of methoxy groups -OCH3 is 1. The quantitative estimate of drug-likeness (QED) is 0.648. The van der Waals surface area contributed by atoms with Gasteiger partial charge in [0.15, 0.2) is 5.82 Å². The first kappa shape index (κ1) is 13.2. The van der Waals surface area contributed by atoms with Crippen molar-refractivity contribution in [1.82, 2.24) is 9.97 Å². The van der Waals surface area contributed by atoms with Crippen molar-refractivity contribution in [2.45, 2.75) is 0 Å². The van der Waals surface area contributed by atoms with Gasteiger partial charge in [-0.05, 0) is 24.3 Å². The summed E-state index contributed by atoms with van der Waals surface area (Å²) in [6, 6.07) is 12.9. The number of benzene rings is 2. The Balaban J connectivity index is 2.25. The molecule has 0 atom stereocenters. The van der Waals surface area contributed by atoms with Crippen LogP contribution in [0.25, 0.3) is 22.3 Å². The van der Waals surface area contributed by atoms with E-state index in [1.807, 2.05) is 36.4 Å². The van der Waals surface area contributed by atoms with E-state index >= 15 is 0 Å².